The fourth-order valence-corrected chi connectivity index (χ4v) is 4.33. The molecule has 37 heavy (non-hydrogen) atoms. The highest BCUT2D eigenvalue weighted by Gasteiger charge is 2.26. The lowest BCUT2D eigenvalue weighted by Gasteiger charge is -2.30. The number of hydrazine groups is 1. The first-order chi connectivity index (χ1) is 17.6. The summed E-state index contributed by atoms with van der Waals surface area (Å²) in [6, 6.07) is 14.3. The molecule has 0 unspecified atom stereocenters. The van der Waals surface area contributed by atoms with Gasteiger partial charge in [0.15, 0.2) is 5.82 Å². The third-order valence-corrected chi connectivity index (χ3v) is 7.74. The van der Waals surface area contributed by atoms with Gasteiger partial charge in [-0.3, -0.25) is 5.43 Å². The minimum Gasteiger partial charge on any atom is -0.493 e. The van der Waals surface area contributed by atoms with Crippen LogP contribution in [0.25, 0.3) is 11.4 Å². The number of amides is 2. The number of carbonyl (C=O) groups is 1. The summed E-state index contributed by atoms with van der Waals surface area (Å²) < 4.78 is 10.5. The molecule has 0 bridgehead atoms. The van der Waals surface area contributed by atoms with E-state index in [0.717, 1.165) is 29.7 Å². The van der Waals surface area contributed by atoms with E-state index < -0.39 is 0 Å². The zero-order chi connectivity index (χ0) is 27.1. The molecular weight excluding hydrogens is 482 g/mol. The van der Waals surface area contributed by atoms with Gasteiger partial charge in [0.25, 0.3) is 0 Å². The van der Waals surface area contributed by atoms with Gasteiger partial charge in [-0.1, -0.05) is 77.4 Å². The molecule has 0 saturated carbocycles. The molecule has 3 rings (SSSR count). The molecular formula is C29H41N5O2S. The zero-order valence-electron chi connectivity index (χ0n) is 23.2. The number of carbonyl (C=O) groups excluding carboxylic acids is 1. The van der Waals surface area contributed by atoms with Gasteiger partial charge in [-0.05, 0) is 54.7 Å². The molecule has 0 aliphatic rings. The van der Waals surface area contributed by atoms with Crippen LogP contribution < -0.4 is 20.9 Å². The average molecular weight is 524 g/mol. The van der Waals surface area contributed by atoms with Gasteiger partial charge >= 0.3 is 6.03 Å². The van der Waals surface area contributed by atoms with Gasteiger partial charge in [0.05, 0.1) is 6.61 Å². The summed E-state index contributed by atoms with van der Waals surface area (Å²) in [6.07, 6.45) is 2.79. The molecule has 7 nitrogen and oxygen atoms in total. The maximum atomic E-state index is 12.2. The largest absolute Gasteiger partial charge is 0.493 e. The SMILES string of the molecule is CCC(C)(C)c1ccc(OCCCNC(=O)NNc2nc(-c3cccc(C)c3)ns2)c(C(C)(C)CC)c1. The monoisotopic (exact) mass is 523 g/mol. The molecule has 1 heterocycles. The molecule has 2 aromatic carbocycles. The van der Waals surface area contributed by atoms with Crippen LogP contribution in [0.2, 0.25) is 0 Å². The number of ether oxygens (including phenoxy) is 1. The Bertz CT molecular complexity index is 1190. The first-order valence-electron chi connectivity index (χ1n) is 13.0. The van der Waals surface area contributed by atoms with Crippen molar-refractivity contribution in [1.82, 2.24) is 20.1 Å². The summed E-state index contributed by atoms with van der Waals surface area (Å²) in [5, 5.41) is 3.37. The standard InChI is InChI=1S/C29H41N5O2S/c1-8-28(4,5)22-14-15-24(23(19-22)29(6,7)9-2)36-17-11-16-30-26(35)32-33-27-31-25(34-37-27)21-13-10-12-20(3)18-21/h10,12-15,18-19H,8-9,11,16-17H2,1-7H3,(H2,30,32,35)(H,31,33,34). The van der Waals surface area contributed by atoms with E-state index in [-0.39, 0.29) is 16.9 Å². The zero-order valence-corrected chi connectivity index (χ0v) is 24.0. The molecule has 0 aliphatic heterocycles. The maximum Gasteiger partial charge on any atom is 0.333 e. The molecule has 3 N–H and O–H groups in total. The van der Waals surface area contributed by atoms with Gasteiger partial charge in [0.1, 0.15) is 5.75 Å². The van der Waals surface area contributed by atoms with E-state index in [1.165, 1.54) is 22.7 Å². The van der Waals surface area contributed by atoms with Crippen molar-refractivity contribution >= 4 is 22.7 Å². The van der Waals surface area contributed by atoms with Crippen molar-refractivity contribution in [2.24, 2.45) is 0 Å². The van der Waals surface area contributed by atoms with E-state index in [4.69, 9.17) is 4.74 Å². The van der Waals surface area contributed by atoms with Crippen molar-refractivity contribution in [3.05, 3.63) is 59.2 Å². The fraction of sp³-hybridized carbons (Fsp3) is 0.483. The summed E-state index contributed by atoms with van der Waals surface area (Å²) in [7, 11) is 0. The summed E-state index contributed by atoms with van der Waals surface area (Å²) in [5.74, 6) is 1.56. The van der Waals surface area contributed by atoms with Crippen LogP contribution in [0, 0.1) is 6.92 Å². The Balaban J connectivity index is 1.46. The molecule has 0 spiro atoms. The predicted octanol–water partition coefficient (Wildman–Crippen LogP) is 6.98. The van der Waals surface area contributed by atoms with Gasteiger partial charge in [0, 0.05) is 29.2 Å². The summed E-state index contributed by atoms with van der Waals surface area (Å²) in [4.78, 5) is 16.6. The fourth-order valence-electron chi connectivity index (χ4n) is 3.79. The van der Waals surface area contributed by atoms with Crippen LogP contribution in [0.15, 0.2) is 42.5 Å². The molecule has 0 atom stereocenters. The third-order valence-electron chi connectivity index (χ3n) is 7.11. The molecule has 0 fully saturated rings. The van der Waals surface area contributed by atoms with Gasteiger partial charge in [-0.25, -0.2) is 10.2 Å². The van der Waals surface area contributed by atoms with Gasteiger partial charge in [0.2, 0.25) is 5.13 Å². The Morgan fingerprint density at radius 1 is 1.03 bits per heavy atom. The van der Waals surface area contributed by atoms with Gasteiger partial charge < -0.3 is 10.1 Å². The molecule has 0 saturated heterocycles. The number of anilines is 1. The van der Waals surface area contributed by atoms with Crippen LogP contribution in [0.1, 0.15) is 77.5 Å². The smallest absolute Gasteiger partial charge is 0.333 e. The van der Waals surface area contributed by atoms with E-state index in [2.05, 4.69) is 85.3 Å². The first kappa shape index (κ1) is 28.4. The van der Waals surface area contributed by atoms with Gasteiger partial charge in [-0.2, -0.15) is 9.36 Å². The number of hydrogen-bond donors (Lipinski definition) is 3. The van der Waals surface area contributed by atoms with Gasteiger partial charge in [-0.15, -0.1) is 0 Å². The van der Waals surface area contributed by atoms with Crippen molar-refractivity contribution in [3.8, 4) is 17.1 Å². The normalized spacial score (nSPS) is 11.8. The molecule has 0 radical (unpaired) electrons. The lowest BCUT2D eigenvalue weighted by Crippen LogP contribution is -2.39. The number of urea groups is 1. The van der Waals surface area contributed by atoms with E-state index in [9.17, 15) is 4.79 Å². The van der Waals surface area contributed by atoms with E-state index in [0.29, 0.717) is 30.5 Å². The quantitative estimate of drug-likeness (QED) is 0.176. The average Bonchev–Trinajstić information content (AvgIpc) is 3.36. The lowest BCUT2D eigenvalue weighted by atomic mass is 9.76. The molecule has 2 amide bonds. The Hall–Kier alpha value is -3.13. The van der Waals surface area contributed by atoms with Crippen molar-refractivity contribution in [3.63, 3.8) is 0 Å². The number of benzene rings is 2. The summed E-state index contributed by atoms with van der Waals surface area (Å²) in [5.41, 5.74) is 10.2. The Morgan fingerprint density at radius 3 is 2.49 bits per heavy atom. The van der Waals surface area contributed by atoms with E-state index in [1.807, 2.05) is 31.2 Å². The maximum absolute atomic E-state index is 12.2. The minimum absolute atomic E-state index is 0.0167. The van der Waals surface area contributed by atoms with E-state index in [1.54, 1.807) is 0 Å². The second-order valence-electron chi connectivity index (χ2n) is 10.7. The predicted molar refractivity (Wildman–Crippen MR) is 153 cm³/mol. The lowest BCUT2D eigenvalue weighted by molar-refractivity contribution is 0.240. The Kier molecular flexibility index (Phi) is 9.54. The number of nitrogens with zero attached hydrogens (tertiary/aromatic N) is 2. The summed E-state index contributed by atoms with van der Waals surface area (Å²) >= 11 is 1.20. The van der Waals surface area contributed by atoms with Crippen molar-refractivity contribution in [2.75, 3.05) is 18.6 Å². The van der Waals surface area contributed by atoms with Crippen LogP contribution in [0.3, 0.4) is 0 Å². The number of nitrogens with one attached hydrogen (secondary N) is 3. The Labute approximate surface area is 225 Å². The summed E-state index contributed by atoms with van der Waals surface area (Å²) in [6.45, 7) is 16.6. The first-order valence-corrected chi connectivity index (χ1v) is 13.8. The third kappa shape index (κ3) is 7.68. The van der Waals surface area contributed by atoms with Crippen molar-refractivity contribution in [2.45, 2.75) is 78.6 Å². The van der Waals surface area contributed by atoms with Crippen LogP contribution in [-0.2, 0) is 10.8 Å². The van der Waals surface area contributed by atoms with Crippen LogP contribution in [0.5, 0.6) is 5.75 Å². The van der Waals surface area contributed by atoms with Crippen LogP contribution in [0.4, 0.5) is 9.93 Å². The number of aryl methyl sites for hydroxylation is 1. The molecule has 8 heteroatoms. The Morgan fingerprint density at radius 2 is 1.78 bits per heavy atom. The second-order valence-corrected chi connectivity index (χ2v) is 11.4. The number of aromatic nitrogens is 2. The number of rotatable bonds is 12. The highest BCUT2D eigenvalue weighted by atomic mass is 32.1. The number of hydrogen-bond acceptors (Lipinski definition) is 6. The highest BCUT2D eigenvalue weighted by Crippen LogP contribution is 2.38. The van der Waals surface area contributed by atoms with Crippen LogP contribution in [-0.4, -0.2) is 28.5 Å². The second kappa shape index (κ2) is 12.4. The van der Waals surface area contributed by atoms with Crippen molar-refractivity contribution in [1.29, 1.82) is 0 Å². The molecule has 0 aliphatic carbocycles. The molecule has 1 aromatic heterocycles. The molecule has 200 valence electrons. The van der Waals surface area contributed by atoms with Crippen LogP contribution >= 0.6 is 11.5 Å². The highest BCUT2D eigenvalue weighted by molar-refractivity contribution is 7.09. The molecule has 3 aromatic rings. The topological polar surface area (TPSA) is 88.2 Å². The minimum atomic E-state index is -0.328. The van der Waals surface area contributed by atoms with Crippen molar-refractivity contribution < 1.29 is 9.53 Å². The van der Waals surface area contributed by atoms with E-state index >= 15 is 0 Å².